The van der Waals surface area contributed by atoms with Crippen LogP contribution in [0.2, 0.25) is 0 Å². The normalized spacial score (nSPS) is 11.5. The molecule has 5 heteroatoms. The van der Waals surface area contributed by atoms with Crippen LogP contribution in [0, 0.1) is 13.8 Å². The molecule has 0 aliphatic rings. The highest BCUT2D eigenvalue weighted by molar-refractivity contribution is 5.94. The molecular weight excluding hydrogens is 306 g/mol. The second-order valence-electron chi connectivity index (χ2n) is 5.52. The number of benzene rings is 2. The van der Waals surface area contributed by atoms with Crippen molar-refractivity contribution >= 4 is 11.6 Å². The minimum absolute atomic E-state index is 0.233. The predicted octanol–water partition coefficient (Wildman–Crippen LogP) is 3.73. The number of amides is 1. The summed E-state index contributed by atoms with van der Waals surface area (Å²) in [6.07, 6.45) is -0.626. The van der Waals surface area contributed by atoms with E-state index in [1.54, 1.807) is 39.3 Å². The monoisotopic (exact) mass is 329 g/mol. The topological polar surface area (TPSA) is 56.8 Å². The minimum atomic E-state index is -0.626. The number of rotatable bonds is 6. The molecule has 0 bridgehead atoms. The Balaban J connectivity index is 2.07. The Labute approximate surface area is 142 Å². The molecule has 0 fully saturated rings. The number of aryl methyl sites for hydroxylation is 1. The number of hydrogen-bond acceptors (Lipinski definition) is 4. The summed E-state index contributed by atoms with van der Waals surface area (Å²) in [5.41, 5.74) is 2.78. The Morgan fingerprint density at radius 2 is 1.71 bits per heavy atom. The lowest BCUT2D eigenvalue weighted by atomic mass is 10.1. The highest BCUT2D eigenvalue weighted by Crippen LogP contribution is 2.30. The van der Waals surface area contributed by atoms with Gasteiger partial charge < -0.3 is 19.5 Å². The second-order valence-corrected chi connectivity index (χ2v) is 5.52. The summed E-state index contributed by atoms with van der Waals surface area (Å²) in [5.74, 6) is 1.64. The summed E-state index contributed by atoms with van der Waals surface area (Å²) in [7, 11) is 3.12. The van der Waals surface area contributed by atoms with Crippen molar-refractivity contribution in [3.05, 3.63) is 47.5 Å². The van der Waals surface area contributed by atoms with Crippen LogP contribution in [-0.4, -0.2) is 26.2 Å². The quantitative estimate of drug-likeness (QED) is 0.877. The van der Waals surface area contributed by atoms with Gasteiger partial charge in [0, 0.05) is 11.8 Å². The zero-order valence-electron chi connectivity index (χ0n) is 14.7. The average molecular weight is 329 g/mol. The molecule has 5 nitrogen and oxygen atoms in total. The van der Waals surface area contributed by atoms with E-state index >= 15 is 0 Å². The van der Waals surface area contributed by atoms with Gasteiger partial charge in [0.25, 0.3) is 5.91 Å². The maximum Gasteiger partial charge on any atom is 0.265 e. The van der Waals surface area contributed by atoms with Gasteiger partial charge in [0.05, 0.1) is 14.2 Å². The summed E-state index contributed by atoms with van der Waals surface area (Å²) >= 11 is 0. The fraction of sp³-hybridized carbons (Fsp3) is 0.316. The maximum absolute atomic E-state index is 12.4. The van der Waals surface area contributed by atoms with Gasteiger partial charge in [-0.15, -0.1) is 0 Å². The molecule has 2 aromatic carbocycles. The van der Waals surface area contributed by atoms with Crippen LogP contribution in [0.3, 0.4) is 0 Å². The molecule has 0 saturated carbocycles. The number of carbonyl (C=O) groups is 1. The van der Waals surface area contributed by atoms with Gasteiger partial charge in [-0.1, -0.05) is 12.1 Å². The van der Waals surface area contributed by atoms with Gasteiger partial charge in [0.15, 0.2) is 17.6 Å². The van der Waals surface area contributed by atoms with Gasteiger partial charge in [-0.25, -0.2) is 0 Å². The van der Waals surface area contributed by atoms with Crippen LogP contribution in [0.4, 0.5) is 5.69 Å². The lowest BCUT2D eigenvalue weighted by Gasteiger charge is -2.17. The third kappa shape index (κ3) is 3.98. The molecule has 0 radical (unpaired) electrons. The van der Waals surface area contributed by atoms with E-state index in [0.717, 1.165) is 11.1 Å². The van der Waals surface area contributed by atoms with Crippen molar-refractivity contribution in [2.75, 3.05) is 19.5 Å². The molecule has 1 amide bonds. The van der Waals surface area contributed by atoms with E-state index < -0.39 is 6.10 Å². The fourth-order valence-electron chi connectivity index (χ4n) is 2.25. The van der Waals surface area contributed by atoms with E-state index in [-0.39, 0.29) is 5.91 Å². The van der Waals surface area contributed by atoms with Crippen LogP contribution in [0.1, 0.15) is 18.1 Å². The van der Waals surface area contributed by atoms with Crippen molar-refractivity contribution in [1.29, 1.82) is 0 Å². The highest BCUT2D eigenvalue weighted by Gasteiger charge is 2.17. The van der Waals surface area contributed by atoms with E-state index in [4.69, 9.17) is 14.2 Å². The van der Waals surface area contributed by atoms with Crippen LogP contribution >= 0.6 is 0 Å². The molecule has 128 valence electrons. The molecule has 0 aromatic heterocycles. The average Bonchev–Trinajstić information content (AvgIpc) is 2.58. The molecule has 2 rings (SSSR count). The molecule has 1 atom stereocenters. The maximum atomic E-state index is 12.4. The molecule has 0 saturated heterocycles. The van der Waals surface area contributed by atoms with Crippen LogP contribution < -0.4 is 19.5 Å². The predicted molar refractivity (Wildman–Crippen MR) is 94.2 cm³/mol. The zero-order chi connectivity index (χ0) is 17.7. The number of hydrogen-bond donors (Lipinski definition) is 1. The zero-order valence-corrected chi connectivity index (χ0v) is 14.7. The van der Waals surface area contributed by atoms with E-state index in [9.17, 15) is 4.79 Å². The van der Waals surface area contributed by atoms with Crippen molar-refractivity contribution in [2.45, 2.75) is 26.9 Å². The van der Waals surface area contributed by atoms with Gasteiger partial charge >= 0.3 is 0 Å². The number of anilines is 1. The summed E-state index contributed by atoms with van der Waals surface area (Å²) in [4.78, 5) is 12.4. The number of ether oxygens (including phenoxy) is 3. The Morgan fingerprint density at radius 3 is 2.38 bits per heavy atom. The SMILES string of the molecule is COc1ccc(NC(=O)[C@H](C)Oc2cccc(C)c2C)cc1OC. The van der Waals surface area contributed by atoms with Crippen LogP contribution in [0.5, 0.6) is 17.2 Å². The van der Waals surface area contributed by atoms with Gasteiger partial charge in [-0.05, 0) is 50.1 Å². The summed E-state index contributed by atoms with van der Waals surface area (Å²) in [6, 6.07) is 11.0. The van der Waals surface area contributed by atoms with Crippen molar-refractivity contribution in [2.24, 2.45) is 0 Å². The lowest BCUT2D eigenvalue weighted by molar-refractivity contribution is -0.122. The van der Waals surface area contributed by atoms with Crippen molar-refractivity contribution in [3.63, 3.8) is 0 Å². The van der Waals surface area contributed by atoms with Crippen molar-refractivity contribution in [3.8, 4) is 17.2 Å². The molecule has 24 heavy (non-hydrogen) atoms. The van der Waals surface area contributed by atoms with Gasteiger partial charge in [0.1, 0.15) is 5.75 Å². The number of nitrogens with one attached hydrogen (secondary N) is 1. The molecule has 0 unspecified atom stereocenters. The molecule has 0 heterocycles. The van der Waals surface area contributed by atoms with Crippen molar-refractivity contribution < 1.29 is 19.0 Å². The van der Waals surface area contributed by atoms with Gasteiger partial charge in [0.2, 0.25) is 0 Å². The number of carbonyl (C=O) groups excluding carboxylic acids is 1. The summed E-state index contributed by atoms with van der Waals surface area (Å²) in [6.45, 7) is 5.71. The first kappa shape index (κ1) is 17.7. The largest absolute Gasteiger partial charge is 0.493 e. The summed E-state index contributed by atoms with van der Waals surface area (Å²) < 4.78 is 16.2. The summed E-state index contributed by atoms with van der Waals surface area (Å²) in [5, 5.41) is 2.82. The fourth-order valence-corrected chi connectivity index (χ4v) is 2.25. The molecule has 0 spiro atoms. The minimum Gasteiger partial charge on any atom is -0.493 e. The van der Waals surface area contributed by atoms with Gasteiger partial charge in [-0.2, -0.15) is 0 Å². The van der Waals surface area contributed by atoms with E-state index in [0.29, 0.717) is 22.9 Å². The Kier molecular flexibility index (Phi) is 5.68. The standard InChI is InChI=1S/C19H23NO4/c1-12-7-6-8-16(13(12)2)24-14(3)19(21)20-15-9-10-17(22-4)18(11-15)23-5/h6-11,14H,1-5H3,(H,20,21)/t14-/m0/s1. The molecule has 2 aromatic rings. The smallest absolute Gasteiger partial charge is 0.265 e. The number of methoxy groups -OCH3 is 2. The Hall–Kier alpha value is -2.69. The van der Waals surface area contributed by atoms with Crippen molar-refractivity contribution in [1.82, 2.24) is 0 Å². The third-order valence-corrected chi connectivity index (χ3v) is 3.88. The van der Waals surface area contributed by atoms with E-state index in [2.05, 4.69) is 5.32 Å². The van der Waals surface area contributed by atoms with E-state index in [1.807, 2.05) is 32.0 Å². The van der Waals surface area contributed by atoms with Crippen LogP contribution in [0.15, 0.2) is 36.4 Å². The highest BCUT2D eigenvalue weighted by atomic mass is 16.5. The molecule has 1 N–H and O–H groups in total. The van der Waals surface area contributed by atoms with E-state index in [1.165, 1.54) is 0 Å². The first-order valence-electron chi connectivity index (χ1n) is 7.72. The first-order chi connectivity index (χ1) is 11.5. The van der Waals surface area contributed by atoms with Crippen LogP contribution in [-0.2, 0) is 4.79 Å². The third-order valence-electron chi connectivity index (χ3n) is 3.88. The first-order valence-corrected chi connectivity index (χ1v) is 7.72. The van der Waals surface area contributed by atoms with Crippen LogP contribution in [0.25, 0.3) is 0 Å². The molecule has 0 aliphatic heterocycles. The van der Waals surface area contributed by atoms with Gasteiger partial charge in [-0.3, -0.25) is 4.79 Å². The second kappa shape index (κ2) is 7.73. The lowest BCUT2D eigenvalue weighted by Crippen LogP contribution is -2.30. The Bertz CT molecular complexity index is 727. The molecule has 0 aliphatic carbocycles. The molecular formula is C19H23NO4. The Morgan fingerprint density at radius 1 is 1.00 bits per heavy atom.